The lowest BCUT2D eigenvalue weighted by atomic mass is 9.79. The van der Waals surface area contributed by atoms with Crippen molar-refractivity contribution in [3.63, 3.8) is 0 Å². The van der Waals surface area contributed by atoms with Gasteiger partial charge in [-0.15, -0.1) is 5.10 Å². The number of hydrogen-bond donors (Lipinski definition) is 0. The summed E-state index contributed by atoms with van der Waals surface area (Å²) in [7, 11) is 1.38. The van der Waals surface area contributed by atoms with Crippen LogP contribution >= 0.6 is 0 Å². The minimum absolute atomic E-state index is 0.126. The first-order valence-corrected chi connectivity index (χ1v) is 10.6. The summed E-state index contributed by atoms with van der Waals surface area (Å²) < 4.78 is 71.4. The van der Waals surface area contributed by atoms with Crippen LogP contribution in [0.3, 0.4) is 0 Å². The van der Waals surface area contributed by atoms with Crippen LogP contribution in [0.4, 0.5) is 33.6 Å². The largest absolute Gasteiger partial charge is 0.478 e. The van der Waals surface area contributed by atoms with E-state index in [4.69, 9.17) is 4.74 Å². The Morgan fingerprint density at radius 2 is 1.82 bits per heavy atom. The molecule has 0 saturated carbocycles. The van der Waals surface area contributed by atoms with Crippen molar-refractivity contribution in [2.45, 2.75) is 32.5 Å². The minimum atomic E-state index is -4.61. The van der Waals surface area contributed by atoms with E-state index >= 15 is 0 Å². The second kappa shape index (κ2) is 7.87. The van der Waals surface area contributed by atoms with Crippen LogP contribution < -0.4 is 14.5 Å². The average molecular weight is 484 g/mol. The van der Waals surface area contributed by atoms with E-state index in [1.807, 2.05) is 9.80 Å². The fourth-order valence-corrected chi connectivity index (χ4v) is 4.61. The fraction of sp³-hybridized carbons (Fsp3) is 0.550. The standard InChI is InChI=1S/C20H21F5N8O/c1-11-5-13(29-18(27-11)20(23,24)25)32-9-19(10-32)3-4-31(8-19)14-6-26-15-16(28-14)33(7-12(21)22)30-17(15)34-2/h5-6,12H,3-4,7-10H2,1-2H3. The van der Waals surface area contributed by atoms with Gasteiger partial charge in [0, 0.05) is 43.4 Å². The van der Waals surface area contributed by atoms with Gasteiger partial charge in [-0.3, -0.25) is 0 Å². The molecular weight excluding hydrogens is 463 g/mol. The van der Waals surface area contributed by atoms with Crippen molar-refractivity contribution in [1.82, 2.24) is 29.7 Å². The Balaban J connectivity index is 1.33. The van der Waals surface area contributed by atoms with Crippen LogP contribution in [-0.2, 0) is 12.7 Å². The maximum absolute atomic E-state index is 13.1. The van der Waals surface area contributed by atoms with E-state index < -0.39 is 25.0 Å². The lowest BCUT2D eigenvalue weighted by Gasteiger charge is -2.48. The van der Waals surface area contributed by atoms with Crippen LogP contribution in [0.2, 0.25) is 0 Å². The van der Waals surface area contributed by atoms with E-state index in [-0.39, 0.29) is 28.5 Å². The molecule has 14 heteroatoms. The molecule has 2 aliphatic rings. The Labute approximate surface area is 190 Å². The van der Waals surface area contributed by atoms with Crippen LogP contribution in [0, 0.1) is 12.3 Å². The van der Waals surface area contributed by atoms with Crippen LogP contribution in [0.1, 0.15) is 17.9 Å². The number of hydrogen-bond acceptors (Lipinski definition) is 8. The highest BCUT2D eigenvalue weighted by Crippen LogP contribution is 2.43. The molecule has 0 radical (unpaired) electrons. The zero-order chi connectivity index (χ0) is 24.3. The van der Waals surface area contributed by atoms with Gasteiger partial charge in [-0.2, -0.15) is 13.2 Å². The van der Waals surface area contributed by atoms with Gasteiger partial charge in [0.15, 0.2) is 11.2 Å². The number of nitrogens with zero attached hydrogens (tertiary/aromatic N) is 8. The molecule has 0 amide bonds. The number of fused-ring (bicyclic) bond motifs is 1. The van der Waals surface area contributed by atoms with Crippen molar-refractivity contribution in [1.29, 1.82) is 0 Å². The summed E-state index contributed by atoms with van der Waals surface area (Å²) in [5.74, 6) is -0.234. The molecular formula is C20H21F5N8O. The third-order valence-corrected chi connectivity index (χ3v) is 6.14. The number of anilines is 2. The van der Waals surface area contributed by atoms with Gasteiger partial charge in [-0.25, -0.2) is 33.4 Å². The maximum Gasteiger partial charge on any atom is 0.451 e. The summed E-state index contributed by atoms with van der Waals surface area (Å²) in [4.78, 5) is 19.9. The highest BCUT2D eigenvalue weighted by Gasteiger charge is 2.49. The highest BCUT2D eigenvalue weighted by molar-refractivity contribution is 5.78. The predicted molar refractivity (Wildman–Crippen MR) is 111 cm³/mol. The molecule has 3 aromatic rings. The van der Waals surface area contributed by atoms with Gasteiger partial charge >= 0.3 is 6.18 Å². The van der Waals surface area contributed by atoms with Crippen molar-refractivity contribution in [2.24, 2.45) is 5.41 Å². The number of aryl methyl sites for hydroxylation is 1. The summed E-state index contributed by atoms with van der Waals surface area (Å²) in [6.07, 6.45) is -4.86. The van der Waals surface area contributed by atoms with E-state index in [0.717, 1.165) is 11.1 Å². The molecule has 2 saturated heterocycles. The van der Waals surface area contributed by atoms with Gasteiger partial charge in [0.2, 0.25) is 5.82 Å². The summed E-state index contributed by atoms with van der Waals surface area (Å²) in [5, 5.41) is 4.02. The Morgan fingerprint density at radius 1 is 1.09 bits per heavy atom. The van der Waals surface area contributed by atoms with Crippen LogP contribution in [0.25, 0.3) is 11.2 Å². The molecule has 5 rings (SSSR count). The first-order valence-electron chi connectivity index (χ1n) is 10.6. The number of alkyl halides is 5. The van der Waals surface area contributed by atoms with E-state index in [1.165, 1.54) is 14.0 Å². The fourth-order valence-electron chi connectivity index (χ4n) is 4.61. The van der Waals surface area contributed by atoms with Gasteiger partial charge in [0.25, 0.3) is 12.3 Å². The first kappa shape index (κ1) is 22.5. The zero-order valence-corrected chi connectivity index (χ0v) is 18.4. The minimum Gasteiger partial charge on any atom is -0.478 e. The van der Waals surface area contributed by atoms with Crippen LogP contribution in [-0.4, -0.2) is 69.4 Å². The van der Waals surface area contributed by atoms with E-state index in [1.54, 1.807) is 12.3 Å². The van der Waals surface area contributed by atoms with E-state index in [2.05, 4.69) is 25.0 Å². The van der Waals surface area contributed by atoms with Gasteiger partial charge in [0.05, 0.1) is 13.3 Å². The lowest BCUT2D eigenvalue weighted by Crippen LogP contribution is -2.58. The quantitative estimate of drug-likeness (QED) is 0.512. The Morgan fingerprint density at radius 3 is 2.50 bits per heavy atom. The molecule has 0 aromatic carbocycles. The Kier molecular flexibility index (Phi) is 5.20. The van der Waals surface area contributed by atoms with Crippen molar-refractivity contribution >= 4 is 22.8 Å². The topological polar surface area (TPSA) is 85.1 Å². The molecule has 2 fully saturated rings. The summed E-state index contributed by atoms with van der Waals surface area (Å²) in [5.41, 5.74) is 0.636. The number of methoxy groups -OCH3 is 1. The van der Waals surface area contributed by atoms with Crippen molar-refractivity contribution in [3.05, 3.63) is 23.8 Å². The van der Waals surface area contributed by atoms with Crippen LogP contribution in [0.5, 0.6) is 5.88 Å². The average Bonchev–Trinajstić information content (AvgIpc) is 3.33. The number of ether oxygens (including phenoxy) is 1. The molecule has 5 heterocycles. The highest BCUT2D eigenvalue weighted by atomic mass is 19.4. The van der Waals surface area contributed by atoms with Gasteiger partial charge < -0.3 is 14.5 Å². The lowest BCUT2D eigenvalue weighted by molar-refractivity contribution is -0.145. The molecule has 0 bridgehead atoms. The normalized spacial score (nSPS) is 17.8. The van der Waals surface area contributed by atoms with Crippen molar-refractivity contribution in [2.75, 3.05) is 43.1 Å². The van der Waals surface area contributed by atoms with Crippen molar-refractivity contribution in [3.8, 4) is 5.88 Å². The second-order valence-electron chi connectivity index (χ2n) is 8.70. The van der Waals surface area contributed by atoms with E-state index in [0.29, 0.717) is 37.5 Å². The molecule has 34 heavy (non-hydrogen) atoms. The molecule has 2 aliphatic heterocycles. The smallest absolute Gasteiger partial charge is 0.451 e. The van der Waals surface area contributed by atoms with Gasteiger partial charge in [-0.05, 0) is 13.3 Å². The van der Waals surface area contributed by atoms with Gasteiger partial charge in [-0.1, -0.05) is 0 Å². The maximum atomic E-state index is 13.1. The van der Waals surface area contributed by atoms with Crippen molar-refractivity contribution < 1.29 is 26.7 Å². The monoisotopic (exact) mass is 484 g/mol. The molecule has 3 aromatic heterocycles. The molecule has 0 atom stereocenters. The first-order chi connectivity index (χ1) is 16.1. The number of halogens is 5. The zero-order valence-electron chi connectivity index (χ0n) is 18.4. The summed E-state index contributed by atoms with van der Waals surface area (Å²) in [6, 6.07) is 1.55. The number of aromatic nitrogens is 6. The summed E-state index contributed by atoms with van der Waals surface area (Å²) >= 11 is 0. The third-order valence-electron chi connectivity index (χ3n) is 6.14. The van der Waals surface area contributed by atoms with Crippen LogP contribution in [0.15, 0.2) is 12.3 Å². The van der Waals surface area contributed by atoms with E-state index in [9.17, 15) is 22.0 Å². The molecule has 0 unspecified atom stereocenters. The number of rotatable bonds is 5. The van der Waals surface area contributed by atoms with Gasteiger partial charge in [0.1, 0.15) is 18.2 Å². The molecule has 0 aliphatic carbocycles. The third kappa shape index (κ3) is 3.94. The second-order valence-corrected chi connectivity index (χ2v) is 8.70. The molecule has 1 spiro atoms. The molecule has 9 nitrogen and oxygen atoms in total. The SMILES string of the molecule is COc1nn(CC(F)F)c2nc(N3CCC4(CN(c5cc(C)nc(C(F)(F)F)n5)C4)C3)cnc12. The Hall–Kier alpha value is -3.32. The molecule has 182 valence electrons. The summed E-state index contributed by atoms with van der Waals surface area (Å²) in [6.45, 7) is 3.24. The molecule has 0 N–H and O–H groups in total. The predicted octanol–water partition coefficient (Wildman–Crippen LogP) is 2.93. The Bertz CT molecular complexity index is 1220.